The van der Waals surface area contributed by atoms with E-state index in [2.05, 4.69) is 11.6 Å². The van der Waals surface area contributed by atoms with Crippen molar-refractivity contribution in [1.29, 1.82) is 0 Å². The summed E-state index contributed by atoms with van der Waals surface area (Å²) in [5.74, 6) is 0.538. The van der Waals surface area contributed by atoms with Crippen LogP contribution >= 0.6 is 0 Å². The van der Waals surface area contributed by atoms with Gasteiger partial charge in [0.2, 0.25) is 0 Å². The van der Waals surface area contributed by atoms with Gasteiger partial charge in [-0.05, 0) is 13.0 Å². The minimum absolute atomic E-state index is 0.315. The SMILES string of the molecule is C=CCOc1cc(C(O)O)cnc1C. The van der Waals surface area contributed by atoms with Crippen molar-refractivity contribution in [3.8, 4) is 5.75 Å². The number of hydrogen-bond acceptors (Lipinski definition) is 4. The number of pyridine rings is 1. The highest BCUT2D eigenvalue weighted by molar-refractivity contribution is 5.31. The quantitative estimate of drug-likeness (QED) is 0.554. The minimum atomic E-state index is -1.52. The smallest absolute Gasteiger partial charge is 0.180 e. The van der Waals surface area contributed by atoms with E-state index in [0.717, 1.165) is 0 Å². The van der Waals surface area contributed by atoms with Crippen molar-refractivity contribution in [1.82, 2.24) is 4.98 Å². The van der Waals surface area contributed by atoms with Crippen LogP contribution in [0.2, 0.25) is 0 Å². The summed E-state index contributed by atoms with van der Waals surface area (Å²) < 4.78 is 5.27. The fourth-order valence-corrected chi connectivity index (χ4v) is 0.964. The number of aliphatic hydroxyl groups excluding tert-OH is 1. The summed E-state index contributed by atoms with van der Waals surface area (Å²) in [7, 11) is 0. The molecule has 1 aromatic heterocycles. The van der Waals surface area contributed by atoms with Crippen LogP contribution in [0.3, 0.4) is 0 Å². The van der Waals surface area contributed by atoms with E-state index in [0.29, 0.717) is 23.6 Å². The van der Waals surface area contributed by atoms with Crippen LogP contribution in [0.15, 0.2) is 24.9 Å². The zero-order valence-electron chi connectivity index (χ0n) is 7.97. The van der Waals surface area contributed by atoms with Crippen molar-refractivity contribution in [3.63, 3.8) is 0 Å². The fraction of sp³-hybridized carbons (Fsp3) is 0.300. The van der Waals surface area contributed by atoms with E-state index in [1.165, 1.54) is 6.20 Å². The average Bonchev–Trinajstić information content (AvgIpc) is 2.16. The molecule has 0 radical (unpaired) electrons. The maximum Gasteiger partial charge on any atom is 0.180 e. The number of ether oxygens (including phenoxy) is 1. The molecule has 2 N–H and O–H groups in total. The van der Waals surface area contributed by atoms with Crippen LogP contribution in [0, 0.1) is 6.92 Å². The van der Waals surface area contributed by atoms with Gasteiger partial charge in [0.05, 0.1) is 5.69 Å². The largest absolute Gasteiger partial charge is 0.488 e. The van der Waals surface area contributed by atoms with Gasteiger partial charge in [-0.1, -0.05) is 12.7 Å². The molecular formula is C10H13NO3. The summed E-state index contributed by atoms with van der Waals surface area (Å²) in [6.07, 6.45) is 1.50. The first-order valence-corrected chi connectivity index (χ1v) is 4.21. The van der Waals surface area contributed by atoms with Crippen LogP contribution in [0.4, 0.5) is 0 Å². The number of aryl methyl sites for hydroxylation is 1. The van der Waals surface area contributed by atoms with Crippen molar-refractivity contribution in [3.05, 3.63) is 36.2 Å². The first-order chi connectivity index (χ1) is 6.65. The summed E-state index contributed by atoms with van der Waals surface area (Å²) in [5, 5.41) is 17.8. The summed E-state index contributed by atoms with van der Waals surface area (Å²) in [6.45, 7) is 5.67. The van der Waals surface area contributed by atoms with Gasteiger partial charge < -0.3 is 14.9 Å². The molecule has 0 aliphatic heterocycles. The van der Waals surface area contributed by atoms with E-state index in [9.17, 15) is 0 Å². The lowest BCUT2D eigenvalue weighted by Gasteiger charge is -2.09. The molecule has 14 heavy (non-hydrogen) atoms. The summed E-state index contributed by atoms with van der Waals surface area (Å²) >= 11 is 0. The topological polar surface area (TPSA) is 62.6 Å². The molecule has 0 aliphatic carbocycles. The van der Waals surface area contributed by atoms with E-state index in [-0.39, 0.29) is 0 Å². The Morgan fingerprint density at radius 2 is 2.36 bits per heavy atom. The summed E-state index contributed by atoms with van der Waals surface area (Å²) in [5.41, 5.74) is 1.02. The highest BCUT2D eigenvalue weighted by Gasteiger charge is 2.07. The summed E-state index contributed by atoms with van der Waals surface area (Å²) in [4.78, 5) is 3.97. The Morgan fingerprint density at radius 1 is 1.64 bits per heavy atom. The summed E-state index contributed by atoms with van der Waals surface area (Å²) in [6, 6.07) is 1.55. The molecule has 0 spiro atoms. The third kappa shape index (κ3) is 2.55. The van der Waals surface area contributed by atoms with Gasteiger partial charge in [0, 0.05) is 11.8 Å². The Balaban J connectivity index is 2.90. The lowest BCUT2D eigenvalue weighted by atomic mass is 10.2. The predicted octanol–water partition coefficient (Wildman–Crippen LogP) is 0.938. The molecule has 0 aliphatic rings. The van der Waals surface area contributed by atoms with Gasteiger partial charge in [0.15, 0.2) is 6.29 Å². The molecule has 0 saturated carbocycles. The number of aliphatic hydroxyl groups is 2. The number of hydrogen-bond donors (Lipinski definition) is 2. The molecular weight excluding hydrogens is 182 g/mol. The lowest BCUT2D eigenvalue weighted by Crippen LogP contribution is -2.01. The average molecular weight is 195 g/mol. The van der Waals surface area contributed by atoms with E-state index in [1.54, 1.807) is 19.1 Å². The molecule has 76 valence electrons. The molecule has 0 fully saturated rings. The Bertz CT molecular complexity index is 323. The molecule has 0 amide bonds. The molecule has 4 heteroatoms. The molecule has 0 saturated heterocycles. The zero-order chi connectivity index (χ0) is 10.6. The first kappa shape index (κ1) is 10.7. The Kier molecular flexibility index (Phi) is 3.62. The molecule has 4 nitrogen and oxygen atoms in total. The molecule has 0 unspecified atom stereocenters. The van der Waals surface area contributed by atoms with Crippen LogP contribution in [-0.4, -0.2) is 21.8 Å². The fourth-order valence-electron chi connectivity index (χ4n) is 0.964. The third-order valence-electron chi connectivity index (χ3n) is 1.72. The maximum atomic E-state index is 8.90. The predicted molar refractivity (Wildman–Crippen MR) is 51.8 cm³/mol. The second-order valence-corrected chi connectivity index (χ2v) is 2.83. The van der Waals surface area contributed by atoms with Crippen molar-refractivity contribution in [2.45, 2.75) is 13.2 Å². The van der Waals surface area contributed by atoms with Crippen LogP contribution in [-0.2, 0) is 0 Å². The molecule has 0 aromatic carbocycles. The van der Waals surface area contributed by atoms with Gasteiger partial charge in [-0.25, -0.2) is 0 Å². The van der Waals surface area contributed by atoms with Crippen LogP contribution in [0.25, 0.3) is 0 Å². The van der Waals surface area contributed by atoms with Crippen LogP contribution in [0.5, 0.6) is 5.75 Å². The monoisotopic (exact) mass is 195 g/mol. The van der Waals surface area contributed by atoms with Gasteiger partial charge in [-0.3, -0.25) is 4.98 Å². The van der Waals surface area contributed by atoms with E-state index >= 15 is 0 Å². The second kappa shape index (κ2) is 4.74. The van der Waals surface area contributed by atoms with Crippen molar-refractivity contribution in [2.24, 2.45) is 0 Å². The van der Waals surface area contributed by atoms with Gasteiger partial charge in [0.1, 0.15) is 12.4 Å². The van der Waals surface area contributed by atoms with E-state index < -0.39 is 6.29 Å². The lowest BCUT2D eigenvalue weighted by molar-refractivity contribution is -0.0428. The van der Waals surface area contributed by atoms with Gasteiger partial charge in [-0.15, -0.1) is 0 Å². The highest BCUT2D eigenvalue weighted by atomic mass is 16.5. The number of rotatable bonds is 4. The molecule has 1 heterocycles. The van der Waals surface area contributed by atoms with E-state index in [4.69, 9.17) is 14.9 Å². The Labute approximate surface area is 82.5 Å². The number of aromatic nitrogens is 1. The van der Waals surface area contributed by atoms with Crippen LogP contribution < -0.4 is 4.74 Å². The molecule has 1 aromatic rings. The molecule has 1 rings (SSSR count). The van der Waals surface area contributed by atoms with Gasteiger partial charge >= 0.3 is 0 Å². The Morgan fingerprint density at radius 3 is 2.93 bits per heavy atom. The van der Waals surface area contributed by atoms with Crippen molar-refractivity contribution >= 4 is 0 Å². The maximum absolute atomic E-state index is 8.90. The Hall–Kier alpha value is -1.39. The van der Waals surface area contributed by atoms with E-state index in [1.807, 2.05) is 0 Å². The number of nitrogens with zero attached hydrogens (tertiary/aromatic N) is 1. The van der Waals surface area contributed by atoms with Crippen molar-refractivity contribution in [2.75, 3.05) is 6.61 Å². The normalized spacial score (nSPS) is 10.3. The van der Waals surface area contributed by atoms with Crippen molar-refractivity contribution < 1.29 is 14.9 Å². The van der Waals surface area contributed by atoms with Crippen LogP contribution in [0.1, 0.15) is 17.5 Å². The molecule has 0 bridgehead atoms. The minimum Gasteiger partial charge on any atom is -0.488 e. The highest BCUT2D eigenvalue weighted by Crippen LogP contribution is 2.20. The molecule has 0 atom stereocenters. The van der Waals surface area contributed by atoms with Gasteiger partial charge in [-0.2, -0.15) is 0 Å². The van der Waals surface area contributed by atoms with Gasteiger partial charge in [0.25, 0.3) is 0 Å². The first-order valence-electron chi connectivity index (χ1n) is 4.21. The third-order valence-corrected chi connectivity index (χ3v) is 1.72. The standard InChI is InChI=1S/C10H13NO3/c1-3-4-14-9-5-8(10(12)13)6-11-7(9)2/h3,5-6,10,12-13H,1,4H2,2H3. The zero-order valence-corrected chi connectivity index (χ0v) is 7.97. The second-order valence-electron chi connectivity index (χ2n) is 2.83.